The largest absolute Gasteiger partial charge is 0.478 e. The van der Waals surface area contributed by atoms with Gasteiger partial charge in [-0.25, -0.2) is 4.79 Å². The lowest BCUT2D eigenvalue weighted by molar-refractivity contribution is 0.0512. The lowest BCUT2D eigenvalue weighted by atomic mass is 10.1. The van der Waals surface area contributed by atoms with Crippen LogP contribution in [0.2, 0.25) is 0 Å². The highest BCUT2D eigenvalue weighted by molar-refractivity contribution is 5.89. The molecule has 0 spiro atoms. The van der Waals surface area contributed by atoms with Crippen LogP contribution in [0.1, 0.15) is 15.9 Å². The molecular weight excluding hydrogens is 268 g/mol. The number of likely N-dealkylation sites (N-methyl/N-ethyl adjacent to an activating group) is 1. The Kier molecular flexibility index (Phi) is 4.24. The van der Waals surface area contributed by atoms with Crippen LogP contribution in [0, 0.1) is 5.92 Å². The molecule has 0 aliphatic carbocycles. The normalized spacial score (nSPS) is 27.3. The molecule has 2 fully saturated rings. The SMILES string of the molecule is CN1C[C@H]2COC[C@@H]1CN(Cc1ccccc1C(=O)O)C2. The summed E-state index contributed by atoms with van der Waals surface area (Å²) in [5.41, 5.74) is 1.31. The molecule has 5 heteroatoms. The maximum Gasteiger partial charge on any atom is 0.336 e. The van der Waals surface area contributed by atoms with E-state index in [9.17, 15) is 9.90 Å². The van der Waals surface area contributed by atoms with Gasteiger partial charge in [0.25, 0.3) is 0 Å². The summed E-state index contributed by atoms with van der Waals surface area (Å²) >= 11 is 0. The molecule has 0 unspecified atom stereocenters. The van der Waals surface area contributed by atoms with Gasteiger partial charge in [0, 0.05) is 38.1 Å². The zero-order valence-corrected chi connectivity index (χ0v) is 12.4. The summed E-state index contributed by atoms with van der Waals surface area (Å²) in [4.78, 5) is 16.1. The van der Waals surface area contributed by atoms with Crippen molar-refractivity contribution in [3.8, 4) is 0 Å². The fourth-order valence-electron chi connectivity index (χ4n) is 3.38. The number of hydrogen-bond acceptors (Lipinski definition) is 4. The van der Waals surface area contributed by atoms with Crippen molar-refractivity contribution < 1.29 is 14.6 Å². The number of hydrogen-bond donors (Lipinski definition) is 1. The summed E-state index contributed by atoms with van der Waals surface area (Å²) in [6, 6.07) is 7.70. The van der Waals surface area contributed by atoms with E-state index in [1.807, 2.05) is 12.1 Å². The maximum atomic E-state index is 11.3. The minimum absolute atomic E-state index is 0.398. The number of carboxylic acids is 1. The minimum Gasteiger partial charge on any atom is -0.478 e. The van der Waals surface area contributed by atoms with Crippen LogP contribution in [0.3, 0.4) is 0 Å². The van der Waals surface area contributed by atoms with Crippen LogP contribution in [0.25, 0.3) is 0 Å². The van der Waals surface area contributed by atoms with Crippen molar-refractivity contribution in [2.24, 2.45) is 5.92 Å². The van der Waals surface area contributed by atoms with Crippen molar-refractivity contribution in [2.45, 2.75) is 12.6 Å². The van der Waals surface area contributed by atoms with Gasteiger partial charge >= 0.3 is 5.97 Å². The second-order valence-electron chi connectivity index (χ2n) is 6.15. The number of rotatable bonds is 3. The molecule has 2 aliphatic heterocycles. The van der Waals surface area contributed by atoms with Gasteiger partial charge in [-0.3, -0.25) is 9.80 Å². The Labute approximate surface area is 125 Å². The Bertz CT molecular complexity index is 520. The predicted octanol–water partition coefficient (Wildman–Crippen LogP) is 1.15. The third-order valence-corrected chi connectivity index (χ3v) is 4.46. The van der Waals surface area contributed by atoms with Crippen molar-refractivity contribution in [1.82, 2.24) is 9.80 Å². The van der Waals surface area contributed by atoms with Crippen molar-refractivity contribution in [3.63, 3.8) is 0 Å². The van der Waals surface area contributed by atoms with Gasteiger partial charge in [0.15, 0.2) is 0 Å². The molecule has 114 valence electrons. The van der Waals surface area contributed by atoms with Gasteiger partial charge in [0.05, 0.1) is 18.8 Å². The van der Waals surface area contributed by atoms with Gasteiger partial charge < -0.3 is 9.84 Å². The molecule has 2 heterocycles. The van der Waals surface area contributed by atoms with E-state index in [1.54, 1.807) is 12.1 Å². The number of ether oxygens (including phenoxy) is 1. The van der Waals surface area contributed by atoms with Crippen molar-refractivity contribution in [2.75, 3.05) is 39.9 Å². The van der Waals surface area contributed by atoms with E-state index in [1.165, 1.54) is 0 Å². The second kappa shape index (κ2) is 6.13. The summed E-state index contributed by atoms with van der Waals surface area (Å²) in [6.07, 6.45) is 0. The number of benzene rings is 1. The molecule has 0 radical (unpaired) electrons. The molecular formula is C16H22N2O3. The molecule has 2 aliphatic rings. The average molecular weight is 290 g/mol. The topological polar surface area (TPSA) is 53.0 Å². The van der Waals surface area contributed by atoms with E-state index < -0.39 is 5.97 Å². The van der Waals surface area contributed by atoms with E-state index in [4.69, 9.17) is 4.74 Å². The van der Waals surface area contributed by atoms with E-state index in [0.717, 1.165) is 38.4 Å². The van der Waals surface area contributed by atoms with Gasteiger partial charge in [-0.05, 0) is 18.7 Å². The number of nitrogens with zero attached hydrogens (tertiary/aromatic N) is 2. The molecule has 1 aromatic carbocycles. The molecule has 21 heavy (non-hydrogen) atoms. The summed E-state index contributed by atoms with van der Waals surface area (Å²) in [5.74, 6) is -0.347. The van der Waals surface area contributed by atoms with Gasteiger partial charge in [0.2, 0.25) is 0 Å². The van der Waals surface area contributed by atoms with E-state index in [0.29, 0.717) is 24.1 Å². The highest BCUT2D eigenvalue weighted by Gasteiger charge is 2.31. The summed E-state index contributed by atoms with van der Waals surface area (Å²) in [6.45, 7) is 5.22. The first-order valence-electron chi connectivity index (χ1n) is 7.45. The summed E-state index contributed by atoms with van der Waals surface area (Å²) < 4.78 is 5.73. The molecule has 2 bridgehead atoms. The Morgan fingerprint density at radius 1 is 1.29 bits per heavy atom. The van der Waals surface area contributed by atoms with E-state index >= 15 is 0 Å². The smallest absolute Gasteiger partial charge is 0.336 e. The molecule has 2 saturated heterocycles. The molecule has 1 N–H and O–H groups in total. The zero-order chi connectivity index (χ0) is 14.8. The third kappa shape index (κ3) is 3.26. The molecule has 0 amide bonds. The molecule has 0 aromatic heterocycles. The summed E-state index contributed by atoms with van der Waals surface area (Å²) in [7, 11) is 2.15. The number of aromatic carboxylic acids is 1. The first kappa shape index (κ1) is 14.5. The molecule has 1 aromatic rings. The number of fused-ring (bicyclic) bond motifs is 3. The van der Waals surface area contributed by atoms with Crippen molar-refractivity contribution in [3.05, 3.63) is 35.4 Å². The monoisotopic (exact) mass is 290 g/mol. The Balaban J connectivity index is 1.78. The first-order chi connectivity index (χ1) is 10.1. The van der Waals surface area contributed by atoms with Crippen LogP contribution >= 0.6 is 0 Å². The first-order valence-corrected chi connectivity index (χ1v) is 7.45. The van der Waals surface area contributed by atoms with Gasteiger partial charge in [-0.15, -0.1) is 0 Å². The molecule has 3 rings (SSSR count). The maximum absolute atomic E-state index is 11.3. The Morgan fingerprint density at radius 2 is 2.10 bits per heavy atom. The van der Waals surface area contributed by atoms with Gasteiger partial charge in [-0.1, -0.05) is 18.2 Å². The van der Waals surface area contributed by atoms with Gasteiger partial charge in [-0.2, -0.15) is 0 Å². The molecule has 2 atom stereocenters. The number of carboxylic acid groups (broad SMARTS) is 1. The third-order valence-electron chi connectivity index (χ3n) is 4.46. The standard InChI is InChI=1S/C16H22N2O3/c1-17-6-12-7-18(9-14(17)11-21-10-12)8-13-4-2-3-5-15(13)16(19)20/h2-5,12,14H,6-11H2,1H3,(H,19,20)/t12-,14+/m1/s1. The average Bonchev–Trinajstić information content (AvgIpc) is 2.68. The summed E-state index contributed by atoms with van der Waals surface area (Å²) in [5, 5.41) is 9.31. The lowest BCUT2D eigenvalue weighted by Gasteiger charge is -2.30. The highest BCUT2D eigenvalue weighted by Crippen LogP contribution is 2.21. The van der Waals surface area contributed by atoms with Crippen molar-refractivity contribution >= 4 is 5.97 Å². The van der Waals surface area contributed by atoms with Gasteiger partial charge in [0.1, 0.15) is 0 Å². The fourth-order valence-corrected chi connectivity index (χ4v) is 3.38. The Morgan fingerprint density at radius 3 is 2.90 bits per heavy atom. The Hall–Kier alpha value is -1.43. The van der Waals surface area contributed by atoms with Crippen LogP contribution in [0.4, 0.5) is 0 Å². The van der Waals surface area contributed by atoms with Crippen LogP contribution in [0.5, 0.6) is 0 Å². The predicted molar refractivity (Wildman–Crippen MR) is 79.4 cm³/mol. The second-order valence-corrected chi connectivity index (χ2v) is 6.15. The van der Waals surface area contributed by atoms with E-state index in [2.05, 4.69) is 16.8 Å². The van der Waals surface area contributed by atoms with Crippen LogP contribution < -0.4 is 0 Å². The quantitative estimate of drug-likeness (QED) is 0.905. The van der Waals surface area contributed by atoms with Crippen molar-refractivity contribution in [1.29, 1.82) is 0 Å². The highest BCUT2D eigenvalue weighted by atomic mass is 16.5. The number of carbonyl (C=O) groups is 1. The lowest BCUT2D eigenvalue weighted by Crippen LogP contribution is -2.42. The van der Waals surface area contributed by atoms with Crippen LogP contribution in [-0.2, 0) is 11.3 Å². The van der Waals surface area contributed by atoms with E-state index in [-0.39, 0.29) is 0 Å². The van der Waals surface area contributed by atoms with Crippen LogP contribution in [0.15, 0.2) is 24.3 Å². The molecule has 0 saturated carbocycles. The minimum atomic E-state index is -0.846. The zero-order valence-electron chi connectivity index (χ0n) is 12.4. The fraction of sp³-hybridized carbons (Fsp3) is 0.562. The molecule has 5 nitrogen and oxygen atoms in total. The van der Waals surface area contributed by atoms with Crippen LogP contribution in [-0.4, -0.2) is 66.8 Å².